The second-order valence-electron chi connectivity index (χ2n) is 16.1. The number of benzene rings is 1. The largest absolute Gasteiger partial charge is 0.481 e. The zero-order chi connectivity index (χ0) is 37.8. The van der Waals surface area contributed by atoms with Crippen molar-refractivity contribution in [2.75, 3.05) is 27.2 Å². The highest BCUT2D eigenvalue weighted by molar-refractivity contribution is 7.09. The van der Waals surface area contributed by atoms with Gasteiger partial charge in [-0.3, -0.25) is 24.1 Å². The maximum Gasteiger partial charge on any atom is 0.306 e. The van der Waals surface area contributed by atoms with Gasteiger partial charge in [-0.05, 0) is 82.4 Å². The van der Waals surface area contributed by atoms with Crippen LogP contribution in [0.2, 0.25) is 0 Å². The molecule has 1 aliphatic heterocycles. The number of aromatic nitrogens is 1. The van der Waals surface area contributed by atoms with Crippen LogP contribution in [0.4, 0.5) is 4.39 Å². The molecule has 4 fully saturated rings. The molecule has 286 valence electrons. The van der Waals surface area contributed by atoms with Crippen molar-refractivity contribution < 1.29 is 33.4 Å². The summed E-state index contributed by atoms with van der Waals surface area (Å²) in [5.41, 5.74) is -0.427. The molecule has 6 rings (SSSR count). The predicted molar refractivity (Wildman–Crippen MR) is 199 cm³/mol. The number of likely N-dealkylation sites (tertiary alicyclic amines) is 1. The second kappa shape index (κ2) is 16.8. The van der Waals surface area contributed by atoms with Crippen molar-refractivity contribution in [2.45, 2.75) is 122 Å². The number of halogens is 1. The first-order valence-electron chi connectivity index (χ1n) is 19.0. The Labute approximate surface area is 311 Å². The quantitative estimate of drug-likeness (QED) is 0.167. The molecule has 2 amide bonds. The minimum absolute atomic E-state index is 0.0379. The molecule has 2 bridgehead atoms. The Morgan fingerprint density at radius 1 is 1.12 bits per heavy atom. The molecule has 52 heavy (non-hydrogen) atoms. The van der Waals surface area contributed by atoms with Gasteiger partial charge in [0, 0.05) is 44.0 Å². The molecule has 1 aromatic carbocycles. The summed E-state index contributed by atoms with van der Waals surface area (Å²) >= 11 is 1.32. The van der Waals surface area contributed by atoms with Crippen LogP contribution in [0, 0.1) is 23.2 Å². The number of ketones is 1. The third-order valence-corrected chi connectivity index (χ3v) is 12.7. The minimum atomic E-state index is -1.19. The van der Waals surface area contributed by atoms with Crippen molar-refractivity contribution in [3.8, 4) is 0 Å². The van der Waals surface area contributed by atoms with Gasteiger partial charge in [-0.15, -0.1) is 11.3 Å². The lowest BCUT2D eigenvalue weighted by Crippen LogP contribution is -2.70. The van der Waals surface area contributed by atoms with Gasteiger partial charge in [0.2, 0.25) is 5.91 Å². The van der Waals surface area contributed by atoms with Gasteiger partial charge < -0.3 is 20.1 Å². The summed E-state index contributed by atoms with van der Waals surface area (Å²) in [5.74, 6) is -2.50. The highest BCUT2D eigenvalue weighted by Gasteiger charge is 2.73. The molecular formula is C40H57FN4O6S. The fourth-order valence-corrected chi connectivity index (χ4v) is 9.72. The van der Waals surface area contributed by atoms with Crippen LogP contribution < -0.4 is 5.32 Å². The molecule has 1 aromatic heterocycles. The van der Waals surface area contributed by atoms with Crippen LogP contribution in [0.15, 0.2) is 35.7 Å². The number of hydrogen-bond acceptors (Lipinski definition) is 8. The number of carboxylic acids is 1. The maximum atomic E-state index is 14.8. The average molecular weight is 741 g/mol. The Bertz CT molecular complexity index is 1550. The van der Waals surface area contributed by atoms with Crippen molar-refractivity contribution in [2.24, 2.45) is 23.2 Å². The molecular weight excluding hydrogens is 684 g/mol. The molecule has 3 aliphatic carbocycles. The molecule has 6 atom stereocenters. The summed E-state index contributed by atoms with van der Waals surface area (Å²) in [7, 11) is 3.77. The number of thiazole rings is 1. The van der Waals surface area contributed by atoms with Gasteiger partial charge in [0.05, 0.1) is 17.9 Å². The Hall–Kier alpha value is -3.22. The monoisotopic (exact) mass is 740 g/mol. The first-order chi connectivity index (χ1) is 24.6. The normalized spacial score (nSPS) is 25.6. The molecule has 1 saturated heterocycles. The van der Waals surface area contributed by atoms with E-state index in [0.29, 0.717) is 43.7 Å². The van der Waals surface area contributed by atoms with Crippen molar-refractivity contribution in [1.29, 1.82) is 0 Å². The number of aliphatic carboxylic acids is 1. The van der Waals surface area contributed by atoms with Gasteiger partial charge in [0.25, 0.3) is 5.91 Å². The van der Waals surface area contributed by atoms with Crippen LogP contribution in [0.25, 0.3) is 0 Å². The predicted octanol–water partition coefficient (Wildman–Crippen LogP) is 6.50. The molecule has 0 radical (unpaired) electrons. The smallest absolute Gasteiger partial charge is 0.306 e. The van der Waals surface area contributed by atoms with Crippen LogP contribution in [-0.2, 0) is 25.5 Å². The van der Waals surface area contributed by atoms with E-state index < -0.39 is 41.0 Å². The van der Waals surface area contributed by atoms with E-state index in [2.05, 4.69) is 24.1 Å². The number of amides is 2. The van der Waals surface area contributed by atoms with E-state index in [1.165, 1.54) is 11.3 Å². The van der Waals surface area contributed by atoms with Gasteiger partial charge in [-0.25, -0.2) is 9.37 Å². The summed E-state index contributed by atoms with van der Waals surface area (Å²) < 4.78 is 21.1. The third-order valence-electron chi connectivity index (χ3n) is 11.8. The van der Waals surface area contributed by atoms with Crippen molar-refractivity contribution in [3.63, 3.8) is 0 Å². The number of nitrogens with one attached hydrogen (secondary N) is 1. The van der Waals surface area contributed by atoms with Crippen LogP contribution >= 0.6 is 11.3 Å². The molecule has 4 aliphatic rings. The number of carbonyl (C=O) groups excluding carboxylic acids is 3. The Morgan fingerprint density at radius 3 is 2.40 bits per heavy atom. The fourth-order valence-electron chi connectivity index (χ4n) is 8.86. The number of ether oxygens (including phenoxy) is 1. The maximum absolute atomic E-state index is 14.8. The molecule has 0 spiro atoms. The summed E-state index contributed by atoms with van der Waals surface area (Å²) in [4.78, 5) is 61.9. The molecule has 12 heteroatoms. The van der Waals surface area contributed by atoms with E-state index in [1.54, 1.807) is 24.3 Å². The number of hydrogen-bond donors (Lipinski definition) is 2. The number of carboxylic acid groups (broad SMARTS) is 1. The third kappa shape index (κ3) is 9.10. The highest BCUT2D eigenvalue weighted by Crippen LogP contribution is 2.73. The van der Waals surface area contributed by atoms with Gasteiger partial charge in [-0.2, -0.15) is 0 Å². The molecule has 2 heterocycles. The number of alkyl halides is 1. The molecule has 3 saturated carbocycles. The average Bonchev–Trinajstić information content (AvgIpc) is 3.57. The Balaban J connectivity index is 1.30. The van der Waals surface area contributed by atoms with E-state index in [4.69, 9.17) is 9.72 Å². The highest BCUT2D eigenvalue weighted by atomic mass is 32.1. The lowest BCUT2D eigenvalue weighted by atomic mass is 9.37. The fraction of sp³-hybridized carbons (Fsp3) is 0.675. The van der Waals surface area contributed by atoms with Crippen LogP contribution in [-0.4, -0.2) is 94.5 Å². The number of nitrogens with zero attached hydrogens (tertiary/aromatic N) is 3. The van der Waals surface area contributed by atoms with Crippen LogP contribution in [0.1, 0.15) is 113 Å². The Kier molecular flexibility index (Phi) is 13.0. The van der Waals surface area contributed by atoms with E-state index in [-0.39, 0.29) is 54.1 Å². The number of carbonyl (C=O) groups is 4. The number of Topliss-reactive ketones (excluding diaryl/α,β-unsaturated/α-hetero) is 1. The van der Waals surface area contributed by atoms with E-state index in [0.717, 1.165) is 31.4 Å². The van der Waals surface area contributed by atoms with Crippen LogP contribution in [0.5, 0.6) is 0 Å². The minimum Gasteiger partial charge on any atom is -0.481 e. The van der Waals surface area contributed by atoms with Gasteiger partial charge >= 0.3 is 5.97 Å². The second-order valence-corrected chi connectivity index (χ2v) is 17.0. The lowest BCUT2D eigenvalue weighted by molar-refractivity contribution is -0.243. The summed E-state index contributed by atoms with van der Waals surface area (Å²) in [5, 5.41) is 14.9. The van der Waals surface area contributed by atoms with E-state index in [1.807, 2.05) is 44.3 Å². The molecule has 2 N–H and O–H groups in total. The molecule has 10 nitrogen and oxygen atoms in total. The molecule has 0 unspecified atom stereocenters. The van der Waals surface area contributed by atoms with Crippen molar-refractivity contribution in [3.05, 3.63) is 52.0 Å². The summed E-state index contributed by atoms with van der Waals surface area (Å²) in [6, 6.07) is 8.76. The summed E-state index contributed by atoms with van der Waals surface area (Å²) in [6.07, 6.45) is 4.70. The number of rotatable bonds is 19. The zero-order valence-electron chi connectivity index (χ0n) is 31.6. The van der Waals surface area contributed by atoms with Gasteiger partial charge in [0.15, 0.2) is 5.78 Å². The van der Waals surface area contributed by atoms with Crippen molar-refractivity contribution in [1.82, 2.24) is 20.1 Å². The lowest BCUT2D eigenvalue weighted by Gasteiger charge is -2.68. The van der Waals surface area contributed by atoms with E-state index >= 15 is 0 Å². The van der Waals surface area contributed by atoms with Gasteiger partial charge in [-0.1, -0.05) is 57.5 Å². The standard InChI is InChI=1S/C40H57FN4O6S/c1-7-51-34(36-43-30(21-52-36)35(47)42-28(17-26(4)38(49)50)18-27-13-9-8-10-14-27)20-32(25(2)3)45(6)37(48)29(39-22-40(41,23-39)24-39)19-33(46)31-15-11-12-16-44(31)5/h8-10,13-14,21,25-26,28-29,31-32,34H,7,11-12,15-20,22-24H2,1-6H3,(H,42,47)(H,49,50)/t26-,28+,29+,31+,32+,34+,39?,40?/m0/s1. The van der Waals surface area contributed by atoms with Gasteiger partial charge in [0.1, 0.15) is 22.5 Å². The van der Waals surface area contributed by atoms with E-state index in [9.17, 15) is 28.7 Å². The van der Waals surface area contributed by atoms with Crippen LogP contribution in [0.3, 0.4) is 0 Å². The topological polar surface area (TPSA) is 129 Å². The Morgan fingerprint density at radius 2 is 1.81 bits per heavy atom. The first-order valence-corrected chi connectivity index (χ1v) is 19.9. The SMILES string of the molecule is CCO[C@H](C[C@H](C(C)C)N(C)C(=O)[C@@H](CC(=O)[C@H]1CCCCN1C)C12CC(F)(C1)C2)c1nc(C(=O)N[C@@H](Cc2ccccc2)C[C@H](C)C(=O)O)cs1. The summed E-state index contributed by atoms with van der Waals surface area (Å²) in [6.45, 7) is 8.89. The zero-order valence-corrected chi connectivity index (χ0v) is 32.4. The first kappa shape index (κ1) is 40.0. The number of piperidine rings is 1. The molecule has 2 aromatic rings. The van der Waals surface area contributed by atoms with Crippen molar-refractivity contribution >= 4 is 34.9 Å². The number of likely N-dealkylation sites (N-methyl/N-ethyl adjacent to an activating group) is 1.